The Bertz CT molecular complexity index is 939. The van der Waals surface area contributed by atoms with Crippen LogP contribution in [0.25, 0.3) is 11.1 Å². The maximum atomic E-state index is 12.4. The van der Waals surface area contributed by atoms with Crippen LogP contribution in [0.5, 0.6) is 0 Å². The summed E-state index contributed by atoms with van der Waals surface area (Å²) in [5.41, 5.74) is 4.24. The van der Waals surface area contributed by atoms with Crippen molar-refractivity contribution in [1.29, 1.82) is 0 Å². The molecule has 0 radical (unpaired) electrons. The number of alkyl carbamates (subject to hydrolysis) is 1. The normalized spacial score (nSPS) is 20.3. The van der Waals surface area contributed by atoms with Gasteiger partial charge >= 0.3 is 12.1 Å². The zero-order valence-electron chi connectivity index (χ0n) is 17.0. The van der Waals surface area contributed by atoms with E-state index in [0.717, 1.165) is 24.0 Å². The zero-order chi connectivity index (χ0) is 20.8. The minimum atomic E-state index is -0.862. The number of aliphatic carboxylic acids is 1. The van der Waals surface area contributed by atoms with Crippen molar-refractivity contribution >= 4 is 12.1 Å². The Morgan fingerprint density at radius 2 is 1.43 bits per heavy atom. The summed E-state index contributed by atoms with van der Waals surface area (Å²) in [6.07, 6.45) is 5.07. The van der Waals surface area contributed by atoms with E-state index in [1.165, 1.54) is 24.0 Å². The average molecular weight is 405 g/mol. The van der Waals surface area contributed by atoms with Crippen molar-refractivity contribution in [2.24, 2.45) is 10.8 Å². The van der Waals surface area contributed by atoms with Crippen molar-refractivity contribution in [3.05, 3.63) is 59.7 Å². The lowest BCUT2D eigenvalue weighted by Crippen LogP contribution is -2.46. The van der Waals surface area contributed by atoms with E-state index in [1.54, 1.807) is 0 Å². The molecule has 0 atom stereocenters. The zero-order valence-corrected chi connectivity index (χ0v) is 17.0. The van der Waals surface area contributed by atoms with Gasteiger partial charge in [-0.1, -0.05) is 48.5 Å². The summed E-state index contributed by atoms with van der Waals surface area (Å²) in [6.45, 7) is 0.373. The number of ether oxygens (including phenoxy) is 1. The van der Waals surface area contributed by atoms with E-state index in [0.29, 0.717) is 18.3 Å². The summed E-state index contributed by atoms with van der Waals surface area (Å²) in [4.78, 5) is 24.4. The number of carboxylic acids is 1. The first-order chi connectivity index (χ1) is 14.5. The second-order valence-corrected chi connectivity index (χ2v) is 9.26. The van der Waals surface area contributed by atoms with Gasteiger partial charge < -0.3 is 15.2 Å². The molecule has 3 aliphatic rings. The molecule has 2 saturated carbocycles. The van der Waals surface area contributed by atoms with E-state index in [4.69, 9.17) is 4.74 Å². The van der Waals surface area contributed by atoms with E-state index >= 15 is 0 Å². The first-order valence-electron chi connectivity index (χ1n) is 10.8. The van der Waals surface area contributed by atoms with Gasteiger partial charge in [-0.05, 0) is 66.2 Å². The lowest BCUT2D eigenvalue weighted by molar-refractivity contribution is -0.151. The number of carboxylic acid groups (broad SMARTS) is 1. The Morgan fingerprint density at radius 1 is 0.900 bits per heavy atom. The molecule has 5 rings (SSSR count). The molecular weight excluding hydrogens is 378 g/mol. The maximum absolute atomic E-state index is 12.4. The molecule has 0 unspecified atom stereocenters. The number of amides is 1. The van der Waals surface area contributed by atoms with Crippen LogP contribution in [0, 0.1) is 10.8 Å². The second-order valence-electron chi connectivity index (χ2n) is 9.26. The lowest BCUT2D eigenvalue weighted by atomic mass is 9.69. The number of nitrogens with one attached hydrogen (secondary N) is 1. The fourth-order valence-corrected chi connectivity index (χ4v) is 5.29. The molecule has 0 aliphatic heterocycles. The van der Waals surface area contributed by atoms with Crippen molar-refractivity contribution in [1.82, 2.24) is 5.32 Å². The molecule has 30 heavy (non-hydrogen) atoms. The van der Waals surface area contributed by atoms with Gasteiger partial charge in [0, 0.05) is 12.5 Å². The number of fused-ring (bicyclic) bond motifs is 3. The van der Waals surface area contributed by atoms with Gasteiger partial charge in [-0.25, -0.2) is 4.79 Å². The first-order valence-corrected chi connectivity index (χ1v) is 10.8. The molecule has 0 heterocycles. The van der Waals surface area contributed by atoms with E-state index in [2.05, 4.69) is 29.6 Å². The van der Waals surface area contributed by atoms with Gasteiger partial charge in [0.25, 0.3) is 0 Å². The summed E-state index contributed by atoms with van der Waals surface area (Å²) in [7, 11) is 0. The average Bonchev–Trinajstić information content (AvgIpc) is 3.45. The highest BCUT2D eigenvalue weighted by Crippen LogP contribution is 2.59. The summed E-state index contributed by atoms with van der Waals surface area (Å²) < 4.78 is 5.57. The summed E-state index contributed by atoms with van der Waals surface area (Å²) in [6, 6.07) is 16.4. The summed E-state index contributed by atoms with van der Waals surface area (Å²) in [5.74, 6) is -0.807. The Labute approximate surface area is 176 Å². The van der Waals surface area contributed by atoms with Crippen LogP contribution in [0.15, 0.2) is 48.5 Å². The van der Waals surface area contributed by atoms with Crippen LogP contribution in [0.4, 0.5) is 4.79 Å². The summed E-state index contributed by atoms with van der Waals surface area (Å²) >= 11 is 0. The van der Waals surface area contributed by atoms with Crippen LogP contribution >= 0.6 is 0 Å². The smallest absolute Gasteiger partial charge is 0.407 e. The van der Waals surface area contributed by atoms with Crippen LogP contribution in [0.1, 0.15) is 55.6 Å². The largest absolute Gasteiger partial charge is 0.481 e. The number of benzene rings is 2. The molecule has 3 aliphatic carbocycles. The predicted molar refractivity (Wildman–Crippen MR) is 113 cm³/mol. The monoisotopic (exact) mass is 405 g/mol. The number of hydrogen-bond donors (Lipinski definition) is 2. The Kier molecular flexibility index (Phi) is 4.57. The fourth-order valence-electron chi connectivity index (χ4n) is 5.29. The van der Waals surface area contributed by atoms with Crippen molar-refractivity contribution in [3.63, 3.8) is 0 Å². The highest BCUT2D eigenvalue weighted by molar-refractivity contribution is 5.79. The molecule has 2 aromatic carbocycles. The number of carbonyl (C=O) groups excluding carboxylic acids is 1. The van der Waals surface area contributed by atoms with Crippen LogP contribution in [-0.4, -0.2) is 30.3 Å². The van der Waals surface area contributed by atoms with Gasteiger partial charge in [0.05, 0.1) is 5.41 Å². The third-order valence-electron chi connectivity index (χ3n) is 7.59. The molecule has 1 spiro atoms. The standard InChI is InChI=1S/C25H27NO4/c27-22(28)25(13-11-24(9-10-24)12-14-25)16-26-23(29)30-15-21-19-7-3-1-5-17(19)18-6-2-4-8-20(18)21/h1-8,21H,9-16H2,(H,26,29)(H,27,28). The van der Waals surface area contributed by atoms with Crippen molar-refractivity contribution in [2.45, 2.75) is 44.4 Å². The van der Waals surface area contributed by atoms with Crippen LogP contribution in [0.2, 0.25) is 0 Å². The topological polar surface area (TPSA) is 75.6 Å². The Hall–Kier alpha value is -2.82. The minimum absolute atomic E-state index is 0.000916. The molecule has 2 N–H and O–H groups in total. The molecule has 0 bridgehead atoms. The van der Waals surface area contributed by atoms with E-state index in [1.807, 2.05) is 24.3 Å². The van der Waals surface area contributed by atoms with E-state index in [-0.39, 0.29) is 19.1 Å². The lowest BCUT2D eigenvalue weighted by Gasteiger charge is -2.37. The van der Waals surface area contributed by atoms with Crippen molar-refractivity contribution in [3.8, 4) is 11.1 Å². The number of hydrogen-bond acceptors (Lipinski definition) is 3. The Morgan fingerprint density at radius 3 is 1.97 bits per heavy atom. The van der Waals surface area contributed by atoms with Crippen molar-refractivity contribution in [2.75, 3.05) is 13.2 Å². The molecule has 2 fully saturated rings. The number of rotatable bonds is 5. The highest BCUT2D eigenvalue weighted by Gasteiger charge is 2.52. The molecule has 0 saturated heterocycles. The van der Waals surface area contributed by atoms with Gasteiger partial charge in [0.1, 0.15) is 6.61 Å². The third kappa shape index (κ3) is 3.26. The van der Waals surface area contributed by atoms with E-state index < -0.39 is 17.5 Å². The van der Waals surface area contributed by atoms with Gasteiger partial charge in [0.2, 0.25) is 0 Å². The molecule has 156 valence electrons. The van der Waals surface area contributed by atoms with Crippen LogP contribution < -0.4 is 5.32 Å². The Balaban J connectivity index is 1.22. The quantitative estimate of drug-likeness (QED) is 0.738. The minimum Gasteiger partial charge on any atom is -0.481 e. The third-order valence-corrected chi connectivity index (χ3v) is 7.59. The highest BCUT2D eigenvalue weighted by atomic mass is 16.5. The first kappa shape index (κ1) is 19.2. The van der Waals surface area contributed by atoms with Crippen molar-refractivity contribution < 1.29 is 19.4 Å². The molecule has 5 nitrogen and oxygen atoms in total. The maximum Gasteiger partial charge on any atom is 0.407 e. The van der Waals surface area contributed by atoms with Crippen LogP contribution in [0.3, 0.4) is 0 Å². The van der Waals surface area contributed by atoms with Gasteiger partial charge in [-0.15, -0.1) is 0 Å². The van der Waals surface area contributed by atoms with Gasteiger partial charge in [-0.2, -0.15) is 0 Å². The second kappa shape index (κ2) is 7.15. The molecular formula is C25H27NO4. The predicted octanol–water partition coefficient (Wildman–Crippen LogP) is 4.95. The number of carbonyl (C=O) groups is 2. The van der Waals surface area contributed by atoms with E-state index in [9.17, 15) is 14.7 Å². The molecule has 2 aromatic rings. The fraction of sp³-hybridized carbons (Fsp3) is 0.440. The molecule has 5 heteroatoms. The van der Waals surface area contributed by atoms with Crippen LogP contribution in [-0.2, 0) is 9.53 Å². The molecule has 0 aromatic heterocycles. The van der Waals surface area contributed by atoms with Gasteiger partial charge in [0.15, 0.2) is 0 Å². The molecule has 1 amide bonds. The SMILES string of the molecule is O=C(NCC1(C(=O)O)CCC2(CC2)CC1)OCC1c2ccccc2-c2ccccc21. The van der Waals surface area contributed by atoms with Gasteiger partial charge in [-0.3, -0.25) is 4.79 Å². The summed E-state index contributed by atoms with van der Waals surface area (Å²) in [5, 5.41) is 12.6.